The Morgan fingerprint density at radius 3 is 2.55 bits per heavy atom. The van der Waals surface area contributed by atoms with E-state index in [2.05, 4.69) is 0 Å². The fourth-order valence-electron chi connectivity index (χ4n) is 2.50. The highest BCUT2D eigenvalue weighted by molar-refractivity contribution is 7.93. The van der Waals surface area contributed by atoms with Gasteiger partial charge in [0.2, 0.25) is 0 Å². The summed E-state index contributed by atoms with van der Waals surface area (Å²) in [5, 5.41) is -1.46. The lowest BCUT2D eigenvalue weighted by Crippen LogP contribution is -2.50. The zero-order valence-electron chi connectivity index (χ0n) is 11.8. The number of esters is 1. The van der Waals surface area contributed by atoms with Crippen LogP contribution in [-0.2, 0) is 28.8 Å². The van der Waals surface area contributed by atoms with Gasteiger partial charge >= 0.3 is 5.97 Å². The molecule has 0 spiro atoms. The number of cyclic esters (lactones) is 1. The van der Waals surface area contributed by atoms with Gasteiger partial charge in [-0.2, -0.15) is 0 Å². The number of halogens is 1. The van der Waals surface area contributed by atoms with E-state index in [0.717, 1.165) is 0 Å². The molecule has 0 amide bonds. The lowest BCUT2D eigenvalue weighted by atomic mass is 9.81. The highest BCUT2D eigenvalue weighted by Crippen LogP contribution is 2.36. The fraction of sp³-hybridized carbons (Fsp3) is 0.917. The first kappa shape index (κ1) is 17.7. The second-order valence-corrected chi connectivity index (χ2v) is 7.46. The van der Waals surface area contributed by atoms with Gasteiger partial charge < -0.3 is 14.2 Å². The molecule has 1 saturated heterocycles. The lowest BCUT2D eigenvalue weighted by Gasteiger charge is -2.35. The molecule has 118 valence electrons. The van der Waals surface area contributed by atoms with Gasteiger partial charge in [-0.1, -0.05) is 13.8 Å². The molecule has 6 nitrogen and oxygen atoms in total. The van der Waals surface area contributed by atoms with Crippen LogP contribution in [0.4, 0.5) is 0 Å². The standard InChI is InChI=1S/C12H21ClO6S/c1-3-10(20(15,16)8-13)12(4-2)7-18-9-17-5-6-19-11(12)14/h10H,3-9H2,1-2H3. The summed E-state index contributed by atoms with van der Waals surface area (Å²) in [4.78, 5) is 12.4. The van der Waals surface area contributed by atoms with Crippen molar-refractivity contribution in [1.29, 1.82) is 0 Å². The Bertz CT molecular complexity index is 424. The molecule has 0 aromatic carbocycles. The first-order valence-corrected chi connectivity index (χ1v) is 8.79. The van der Waals surface area contributed by atoms with E-state index in [0.29, 0.717) is 6.42 Å². The monoisotopic (exact) mass is 328 g/mol. The normalized spacial score (nSPS) is 27.1. The van der Waals surface area contributed by atoms with Crippen LogP contribution in [0, 0.1) is 5.41 Å². The molecule has 2 unspecified atom stereocenters. The average molecular weight is 329 g/mol. The van der Waals surface area contributed by atoms with Gasteiger partial charge in [0.1, 0.15) is 24.0 Å². The number of rotatable bonds is 5. The van der Waals surface area contributed by atoms with Gasteiger partial charge in [0, 0.05) is 0 Å². The third kappa shape index (κ3) is 3.63. The van der Waals surface area contributed by atoms with E-state index < -0.39 is 31.7 Å². The molecule has 2 atom stereocenters. The maximum Gasteiger partial charge on any atom is 0.315 e. The van der Waals surface area contributed by atoms with Crippen molar-refractivity contribution in [2.75, 3.05) is 31.8 Å². The van der Waals surface area contributed by atoms with Crippen LogP contribution >= 0.6 is 11.6 Å². The molecular weight excluding hydrogens is 308 g/mol. The molecule has 1 heterocycles. The number of sulfone groups is 1. The van der Waals surface area contributed by atoms with Gasteiger partial charge in [0.25, 0.3) is 0 Å². The maximum absolute atomic E-state index is 12.4. The molecule has 1 rings (SSSR count). The van der Waals surface area contributed by atoms with Crippen molar-refractivity contribution in [3.05, 3.63) is 0 Å². The largest absolute Gasteiger partial charge is 0.463 e. The SMILES string of the molecule is CCC(C1(CC)COCOCCOC1=O)S(=O)(=O)CCl. The highest BCUT2D eigenvalue weighted by atomic mass is 35.5. The first-order chi connectivity index (χ1) is 9.44. The topological polar surface area (TPSA) is 78.9 Å². The maximum atomic E-state index is 12.4. The Morgan fingerprint density at radius 1 is 1.30 bits per heavy atom. The minimum atomic E-state index is -3.61. The number of alkyl halides is 1. The van der Waals surface area contributed by atoms with Crippen LogP contribution < -0.4 is 0 Å². The summed E-state index contributed by atoms with van der Waals surface area (Å²) in [6.07, 6.45) is 0.558. The molecule has 1 aliphatic rings. The summed E-state index contributed by atoms with van der Waals surface area (Å²) in [6, 6.07) is 0. The summed E-state index contributed by atoms with van der Waals surface area (Å²) in [7, 11) is -3.61. The fourth-order valence-corrected chi connectivity index (χ4v) is 4.64. The van der Waals surface area contributed by atoms with Crippen LogP contribution in [0.3, 0.4) is 0 Å². The molecule has 0 bridgehead atoms. The van der Waals surface area contributed by atoms with Crippen LogP contribution in [-0.4, -0.2) is 51.5 Å². The predicted octanol–water partition coefficient (Wildman–Crippen LogP) is 1.32. The molecule has 0 aromatic heterocycles. The first-order valence-electron chi connectivity index (χ1n) is 6.54. The highest BCUT2D eigenvalue weighted by Gasteiger charge is 2.51. The van der Waals surface area contributed by atoms with Crippen molar-refractivity contribution >= 4 is 27.4 Å². The minimum Gasteiger partial charge on any atom is -0.463 e. The van der Waals surface area contributed by atoms with Crippen LogP contribution in [0.25, 0.3) is 0 Å². The quantitative estimate of drug-likeness (QED) is 0.559. The summed E-state index contributed by atoms with van der Waals surface area (Å²) in [5.74, 6) is -0.564. The minimum absolute atomic E-state index is 0.00967. The summed E-state index contributed by atoms with van der Waals surface area (Å²) < 4.78 is 39.9. The van der Waals surface area contributed by atoms with Gasteiger partial charge in [-0.3, -0.25) is 4.79 Å². The van der Waals surface area contributed by atoms with Gasteiger partial charge in [-0.25, -0.2) is 8.42 Å². The molecule has 8 heteroatoms. The Labute approximate surface area is 124 Å². The number of carbonyl (C=O) groups excluding carboxylic acids is 1. The Kier molecular flexibility index (Phi) is 6.71. The van der Waals surface area contributed by atoms with Crippen LogP contribution in [0.2, 0.25) is 0 Å². The molecule has 0 N–H and O–H groups in total. The van der Waals surface area contributed by atoms with Crippen molar-refractivity contribution in [1.82, 2.24) is 0 Å². The van der Waals surface area contributed by atoms with Crippen molar-refractivity contribution < 1.29 is 27.4 Å². The van der Waals surface area contributed by atoms with Crippen molar-refractivity contribution in [3.8, 4) is 0 Å². The summed E-state index contributed by atoms with van der Waals surface area (Å²) in [6.45, 7) is 3.72. The molecule has 1 aliphatic heterocycles. The smallest absolute Gasteiger partial charge is 0.315 e. The van der Waals surface area contributed by atoms with Gasteiger partial charge in [-0.05, 0) is 12.8 Å². The number of carbonyl (C=O) groups is 1. The van der Waals surface area contributed by atoms with E-state index in [4.69, 9.17) is 25.8 Å². The van der Waals surface area contributed by atoms with Crippen LogP contribution in [0.15, 0.2) is 0 Å². The van der Waals surface area contributed by atoms with Crippen molar-refractivity contribution in [2.24, 2.45) is 5.41 Å². The van der Waals surface area contributed by atoms with E-state index in [1.165, 1.54) is 0 Å². The average Bonchev–Trinajstić information content (AvgIpc) is 2.52. The molecule has 0 saturated carbocycles. The van der Waals surface area contributed by atoms with Gasteiger partial charge in [-0.15, -0.1) is 11.6 Å². The third-order valence-corrected chi connectivity index (χ3v) is 6.47. The second kappa shape index (κ2) is 7.59. The van der Waals surface area contributed by atoms with Crippen LogP contribution in [0.5, 0.6) is 0 Å². The van der Waals surface area contributed by atoms with E-state index in [1.54, 1.807) is 13.8 Å². The van der Waals surface area contributed by atoms with E-state index in [-0.39, 0.29) is 33.0 Å². The summed E-state index contributed by atoms with van der Waals surface area (Å²) >= 11 is 5.55. The van der Waals surface area contributed by atoms with E-state index >= 15 is 0 Å². The van der Waals surface area contributed by atoms with Crippen LogP contribution in [0.1, 0.15) is 26.7 Å². The Hall–Kier alpha value is -0.370. The molecule has 0 radical (unpaired) electrons. The third-order valence-electron chi connectivity index (χ3n) is 3.60. The van der Waals surface area contributed by atoms with E-state index in [1.807, 2.05) is 0 Å². The Balaban J connectivity index is 3.20. The van der Waals surface area contributed by atoms with Crippen molar-refractivity contribution in [2.45, 2.75) is 31.9 Å². The summed E-state index contributed by atoms with van der Waals surface area (Å²) in [5.41, 5.74) is -1.24. The lowest BCUT2D eigenvalue weighted by molar-refractivity contribution is -0.159. The van der Waals surface area contributed by atoms with Crippen molar-refractivity contribution in [3.63, 3.8) is 0 Å². The molecule has 0 aliphatic carbocycles. The number of hydrogen-bond acceptors (Lipinski definition) is 6. The molecule has 1 fully saturated rings. The zero-order valence-corrected chi connectivity index (χ0v) is 13.3. The Morgan fingerprint density at radius 2 is 2.00 bits per heavy atom. The zero-order chi connectivity index (χ0) is 15.2. The van der Waals surface area contributed by atoms with E-state index in [9.17, 15) is 13.2 Å². The number of hydrogen-bond donors (Lipinski definition) is 0. The predicted molar refractivity (Wildman–Crippen MR) is 74.2 cm³/mol. The van der Waals surface area contributed by atoms with Gasteiger partial charge in [0.05, 0.1) is 18.5 Å². The molecule has 20 heavy (non-hydrogen) atoms. The number of ether oxygens (including phenoxy) is 3. The van der Waals surface area contributed by atoms with Gasteiger partial charge in [0.15, 0.2) is 9.84 Å². The second-order valence-electron chi connectivity index (χ2n) is 4.69. The molecule has 0 aromatic rings. The molecular formula is C12H21ClO6S.